The number of ether oxygens (including phenoxy) is 3. The molecule has 0 saturated carbocycles. The van der Waals surface area contributed by atoms with E-state index in [0.29, 0.717) is 0 Å². The predicted octanol–water partition coefficient (Wildman–Crippen LogP) is 2.95. The summed E-state index contributed by atoms with van der Waals surface area (Å²) in [5.41, 5.74) is -1.33. The first-order valence-electron chi connectivity index (χ1n) is 6.19. The maximum absolute atomic E-state index is 14.4. The average Bonchev–Trinajstić information content (AvgIpc) is 2.46. The van der Waals surface area contributed by atoms with E-state index >= 15 is 0 Å². The van der Waals surface area contributed by atoms with Crippen LogP contribution in [0.25, 0.3) is 0 Å². The Kier molecular flexibility index (Phi) is 5.36. The van der Waals surface area contributed by atoms with Gasteiger partial charge in [-0.3, -0.25) is 0 Å². The van der Waals surface area contributed by atoms with E-state index in [9.17, 15) is 18.0 Å². The van der Waals surface area contributed by atoms with Gasteiger partial charge in [0, 0.05) is 19.8 Å². The Bertz CT molecular complexity index is 513. The summed E-state index contributed by atoms with van der Waals surface area (Å²) in [6.45, 7) is 2.52. The summed E-state index contributed by atoms with van der Waals surface area (Å²) >= 11 is 0. The molecule has 1 aromatic carbocycles. The van der Waals surface area contributed by atoms with Crippen LogP contribution in [-0.4, -0.2) is 26.8 Å². The standard InChI is InChI=1S/C14H17F3O4/c1-5-21-12(18)14(16,17)10-8-6-7-9(11(10)15)13(2,19-3)20-4/h6-8H,5H2,1-4H3. The molecule has 7 heteroatoms. The highest BCUT2D eigenvalue weighted by molar-refractivity contribution is 5.79. The molecule has 0 N–H and O–H groups in total. The van der Waals surface area contributed by atoms with Gasteiger partial charge in [0.05, 0.1) is 12.2 Å². The number of methoxy groups -OCH3 is 2. The fourth-order valence-corrected chi connectivity index (χ4v) is 1.76. The number of carbonyl (C=O) groups excluding carboxylic acids is 1. The molecule has 0 amide bonds. The fourth-order valence-electron chi connectivity index (χ4n) is 1.76. The van der Waals surface area contributed by atoms with Gasteiger partial charge in [-0.25, -0.2) is 9.18 Å². The zero-order chi connectivity index (χ0) is 16.3. The topological polar surface area (TPSA) is 44.8 Å². The molecule has 0 fully saturated rings. The highest BCUT2D eigenvalue weighted by atomic mass is 19.3. The van der Waals surface area contributed by atoms with Gasteiger partial charge in [0.25, 0.3) is 0 Å². The Hall–Kier alpha value is -1.60. The van der Waals surface area contributed by atoms with Crippen molar-refractivity contribution in [3.8, 4) is 0 Å². The van der Waals surface area contributed by atoms with Crippen molar-refractivity contribution in [1.29, 1.82) is 0 Å². The number of alkyl halides is 2. The smallest absolute Gasteiger partial charge is 0.382 e. The van der Waals surface area contributed by atoms with Crippen LogP contribution in [0.4, 0.5) is 13.2 Å². The van der Waals surface area contributed by atoms with E-state index < -0.39 is 29.1 Å². The summed E-state index contributed by atoms with van der Waals surface area (Å²) < 4.78 is 56.6. The van der Waals surface area contributed by atoms with Crippen LogP contribution in [0.5, 0.6) is 0 Å². The van der Waals surface area contributed by atoms with Gasteiger partial charge in [0.15, 0.2) is 5.79 Å². The van der Waals surface area contributed by atoms with Crippen molar-refractivity contribution in [3.05, 3.63) is 35.1 Å². The summed E-state index contributed by atoms with van der Waals surface area (Å²) in [7, 11) is 2.50. The van der Waals surface area contributed by atoms with E-state index in [4.69, 9.17) is 9.47 Å². The van der Waals surface area contributed by atoms with Gasteiger partial charge in [-0.05, 0) is 19.9 Å². The molecule has 0 aromatic heterocycles. The van der Waals surface area contributed by atoms with Crippen LogP contribution in [0.15, 0.2) is 18.2 Å². The Morgan fingerprint density at radius 1 is 1.19 bits per heavy atom. The Morgan fingerprint density at radius 3 is 2.19 bits per heavy atom. The number of rotatable bonds is 6. The molecule has 1 aromatic rings. The van der Waals surface area contributed by atoms with Crippen molar-refractivity contribution in [2.24, 2.45) is 0 Å². The molecular weight excluding hydrogens is 289 g/mol. The fraction of sp³-hybridized carbons (Fsp3) is 0.500. The summed E-state index contributed by atoms with van der Waals surface area (Å²) in [4.78, 5) is 11.3. The summed E-state index contributed by atoms with van der Waals surface area (Å²) in [5.74, 6) is -8.73. The number of benzene rings is 1. The minimum atomic E-state index is -4.10. The molecule has 0 atom stereocenters. The van der Waals surface area contributed by atoms with Crippen molar-refractivity contribution in [2.75, 3.05) is 20.8 Å². The predicted molar refractivity (Wildman–Crippen MR) is 68.3 cm³/mol. The molecule has 4 nitrogen and oxygen atoms in total. The number of carbonyl (C=O) groups is 1. The summed E-state index contributed by atoms with van der Waals surface area (Å²) in [6, 6.07) is 3.26. The number of hydrogen-bond donors (Lipinski definition) is 0. The van der Waals surface area contributed by atoms with Crippen molar-refractivity contribution in [1.82, 2.24) is 0 Å². The molecule has 0 radical (unpaired) electrons. The lowest BCUT2D eigenvalue weighted by Crippen LogP contribution is -2.33. The number of halogens is 3. The maximum atomic E-state index is 14.4. The highest BCUT2D eigenvalue weighted by Crippen LogP contribution is 2.36. The molecule has 0 spiro atoms. The molecule has 0 unspecified atom stereocenters. The molecule has 0 heterocycles. The third-order valence-electron chi connectivity index (χ3n) is 3.14. The van der Waals surface area contributed by atoms with Gasteiger partial charge in [0.1, 0.15) is 5.82 Å². The zero-order valence-electron chi connectivity index (χ0n) is 12.2. The highest BCUT2D eigenvalue weighted by Gasteiger charge is 2.46. The number of esters is 1. The second-order valence-corrected chi connectivity index (χ2v) is 4.32. The molecule has 1 rings (SSSR count). The Labute approximate surface area is 120 Å². The Morgan fingerprint density at radius 2 is 1.71 bits per heavy atom. The molecule has 0 aliphatic rings. The second-order valence-electron chi connectivity index (χ2n) is 4.32. The van der Waals surface area contributed by atoms with Crippen LogP contribution >= 0.6 is 0 Å². The minimum Gasteiger partial charge on any atom is -0.461 e. The number of hydrogen-bond acceptors (Lipinski definition) is 4. The van der Waals surface area contributed by atoms with Gasteiger partial charge in [-0.15, -0.1) is 0 Å². The lowest BCUT2D eigenvalue weighted by Gasteiger charge is -2.28. The molecule has 0 bridgehead atoms. The van der Waals surface area contributed by atoms with Crippen molar-refractivity contribution in [3.63, 3.8) is 0 Å². The average molecular weight is 306 g/mol. The normalized spacial score (nSPS) is 12.3. The van der Waals surface area contributed by atoms with Crippen LogP contribution in [0.1, 0.15) is 25.0 Å². The van der Waals surface area contributed by atoms with Crippen LogP contribution in [0.3, 0.4) is 0 Å². The summed E-state index contributed by atoms with van der Waals surface area (Å²) in [6.07, 6.45) is 0. The van der Waals surface area contributed by atoms with Gasteiger partial charge in [-0.1, -0.05) is 12.1 Å². The molecule has 0 saturated heterocycles. The second kappa shape index (κ2) is 6.44. The third kappa shape index (κ3) is 3.19. The van der Waals surface area contributed by atoms with Crippen molar-refractivity contribution in [2.45, 2.75) is 25.6 Å². The molecule has 21 heavy (non-hydrogen) atoms. The first-order chi connectivity index (χ1) is 9.74. The Balaban J connectivity index is 3.38. The summed E-state index contributed by atoms with van der Waals surface area (Å²) in [5, 5.41) is 0. The molecular formula is C14H17F3O4. The van der Waals surface area contributed by atoms with Crippen molar-refractivity contribution >= 4 is 5.97 Å². The first-order valence-corrected chi connectivity index (χ1v) is 6.19. The van der Waals surface area contributed by atoms with Crippen LogP contribution in [0.2, 0.25) is 0 Å². The lowest BCUT2D eigenvalue weighted by atomic mass is 9.99. The van der Waals surface area contributed by atoms with E-state index in [1.807, 2.05) is 0 Å². The van der Waals surface area contributed by atoms with E-state index in [1.54, 1.807) is 0 Å². The van der Waals surface area contributed by atoms with Crippen LogP contribution in [-0.2, 0) is 30.7 Å². The van der Waals surface area contributed by atoms with E-state index in [1.165, 1.54) is 40.2 Å². The molecule has 0 aliphatic heterocycles. The largest absolute Gasteiger partial charge is 0.461 e. The van der Waals surface area contributed by atoms with Crippen LogP contribution < -0.4 is 0 Å². The zero-order valence-corrected chi connectivity index (χ0v) is 12.2. The van der Waals surface area contributed by atoms with Gasteiger partial charge in [-0.2, -0.15) is 8.78 Å². The quantitative estimate of drug-likeness (QED) is 0.599. The van der Waals surface area contributed by atoms with Crippen LogP contribution in [0, 0.1) is 5.82 Å². The van der Waals surface area contributed by atoms with Gasteiger partial charge < -0.3 is 14.2 Å². The third-order valence-corrected chi connectivity index (χ3v) is 3.14. The molecule has 118 valence electrons. The first kappa shape index (κ1) is 17.5. The van der Waals surface area contributed by atoms with E-state index in [-0.39, 0.29) is 12.2 Å². The van der Waals surface area contributed by atoms with E-state index in [2.05, 4.69) is 4.74 Å². The molecule has 0 aliphatic carbocycles. The monoisotopic (exact) mass is 306 g/mol. The van der Waals surface area contributed by atoms with Gasteiger partial charge in [0.2, 0.25) is 0 Å². The van der Waals surface area contributed by atoms with Gasteiger partial charge >= 0.3 is 11.9 Å². The SMILES string of the molecule is CCOC(=O)C(F)(F)c1cccc(C(C)(OC)OC)c1F. The van der Waals surface area contributed by atoms with E-state index in [0.717, 1.165) is 6.07 Å². The van der Waals surface area contributed by atoms with Crippen molar-refractivity contribution < 1.29 is 32.2 Å². The maximum Gasteiger partial charge on any atom is 0.382 e. The lowest BCUT2D eigenvalue weighted by molar-refractivity contribution is -0.204. The minimum absolute atomic E-state index is 0.233.